The molecule has 0 spiro atoms. The number of anilines is 1. The highest BCUT2D eigenvalue weighted by Crippen LogP contribution is 2.39. The van der Waals surface area contributed by atoms with Crippen molar-refractivity contribution in [2.45, 2.75) is 4.90 Å². The summed E-state index contributed by atoms with van der Waals surface area (Å²) in [6, 6.07) is 16.1. The first-order chi connectivity index (χ1) is 17.0. The van der Waals surface area contributed by atoms with Gasteiger partial charge in [-0.15, -0.1) is 0 Å². The molecule has 0 radical (unpaired) electrons. The largest absolute Gasteiger partial charge is 0.493 e. The van der Waals surface area contributed by atoms with Gasteiger partial charge in [0.15, 0.2) is 11.5 Å². The van der Waals surface area contributed by atoms with Crippen LogP contribution in [-0.2, 0) is 14.9 Å². The molecule has 0 aliphatic heterocycles. The third kappa shape index (κ3) is 6.59. The summed E-state index contributed by atoms with van der Waals surface area (Å²) in [4.78, 5) is 22.4. The number of amides is 1. The number of nitriles is 1. The highest BCUT2D eigenvalue weighted by Gasteiger charge is 2.24. The van der Waals surface area contributed by atoms with Gasteiger partial charge in [0.1, 0.15) is 16.5 Å². The maximum atomic E-state index is 12.8. The minimum absolute atomic E-state index is 0.0278. The zero-order valence-corrected chi connectivity index (χ0v) is 22.8. The predicted octanol–water partition coefficient (Wildman–Crippen LogP) is 5.28. The summed E-state index contributed by atoms with van der Waals surface area (Å²) in [7, 11) is -3.19. The van der Waals surface area contributed by atoms with Crippen LogP contribution in [-0.4, -0.2) is 26.4 Å². The van der Waals surface area contributed by atoms with Crippen molar-refractivity contribution in [3.63, 3.8) is 0 Å². The first kappa shape index (κ1) is 27.1. The van der Waals surface area contributed by atoms with Crippen molar-refractivity contribution in [2.75, 3.05) is 12.4 Å². The highest BCUT2D eigenvalue weighted by atomic mass is 127. The second-order valence-electron chi connectivity index (χ2n) is 6.96. The molecule has 1 N–H and O–H groups in total. The molecule has 0 aliphatic carbocycles. The molecule has 3 aromatic carbocycles. The lowest BCUT2D eigenvalue weighted by molar-refractivity contribution is -0.385. The van der Waals surface area contributed by atoms with Gasteiger partial charge in [-0.25, -0.2) is 0 Å². The quantitative estimate of drug-likeness (QED) is 0.0842. The SMILES string of the molecule is COc1cc(/C=C(\C#N)C(=O)Nc2cccc(I)c2)cc(Br)c1OS(=O)(=O)c1cccc([N+](=O)[O-])c1. The van der Waals surface area contributed by atoms with E-state index in [2.05, 4.69) is 43.8 Å². The van der Waals surface area contributed by atoms with Gasteiger partial charge < -0.3 is 14.2 Å². The fourth-order valence-corrected chi connectivity index (χ4v) is 5.08. The third-order valence-corrected chi connectivity index (χ3v) is 7.00. The minimum atomic E-state index is -4.46. The summed E-state index contributed by atoms with van der Waals surface area (Å²) < 4.78 is 37.0. The lowest BCUT2D eigenvalue weighted by Crippen LogP contribution is -2.13. The van der Waals surface area contributed by atoms with E-state index >= 15 is 0 Å². The molecule has 0 atom stereocenters. The van der Waals surface area contributed by atoms with Gasteiger partial charge in [-0.2, -0.15) is 13.7 Å². The van der Waals surface area contributed by atoms with Gasteiger partial charge in [0.25, 0.3) is 11.6 Å². The van der Waals surface area contributed by atoms with Gasteiger partial charge in [-0.3, -0.25) is 14.9 Å². The summed E-state index contributed by atoms with van der Waals surface area (Å²) in [5.41, 5.74) is 0.231. The Bertz CT molecular complexity index is 1530. The van der Waals surface area contributed by atoms with Crippen LogP contribution < -0.4 is 14.2 Å². The van der Waals surface area contributed by atoms with Crippen molar-refractivity contribution < 1.29 is 27.1 Å². The average molecular weight is 684 g/mol. The van der Waals surface area contributed by atoms with E-state index < -0.39 is 31.5 Å². The Labute approximate surface area is 228 Å². The summed E-state index contributed by atoms with van der Waals surface area (Å²) in [5, 5.41) is 23.1. The number of non-ortho nitro benzene ring substituents is 1. The van der Waals surface area contributed by atoms with Crippen LogP contribution in [0.1, 0.15) is 5.56 Å². The number of carbonyl (C=O) groups is 1. The topological polar surface area (TPSA) is 149 Å². The molecule has 184 valence electrons. The molecule has 0 aromatic heterocycles. The summed E-state index contributed by atoms with van der Waals surface area (Å²) >= 11 is 5.32. The van der Waals surface area contributed by atoms with E-state index in [-0.39, 0.29) is 21.5 Å². The Balaban J connectivity index is 1.92. The van der Waals surface area contributed by atoms with Crippen molar-refractivity contribution in [2.24, 2.45) is 0 Å². The molecule has 3 aromatic rings. The monoisotopic (exact) mass is 683 g/mol. The molecule has 10 nitrogen and oxygen atoms in total. The number of methoxy groups -OCH3 is 1. The number of ether oxygens (including phenoxy) is 1. The van der Waals surface area contributed by atoms with Crippen LogP contribution in [0.4, 0.5) is 11.4 Å². The Morgan fingerprint density at radius 1 is 1.19 bits per heavy atom. The van der Waals surface area contributed by atoms with E-state index in [4.69, 9.17) is 8.92 Å². The van der Waals surface area contributed by atoms with Crippen molar-refractivity contribution in [3.05, 3.63) is 90.0 Å². The number of nitrogens with one attached hydrogen (secondary N) is 1. The van der Waals surface area contributed by atoms with E-state index in [1.165, 1.54) is 31.4 Å². The molecule has 1 amide bonds. The fourth-order valence-electron chi connectivity index (χ4n) is 2.89. The second-order valence-corrected chi connectivity index (χ2v) is 10.6. The molecule has 3 rings (SSSR count). The molecule has 0 saturated carbocycles. The first-order valence-corrected chi connectivity index (χ1v) is 13.1. The standard InChI is InChI=1S/C23H15BrIN3O7S/c1-34-21-10-14(8-15(13-26)23(29)27-17-5-2-4-16(25)11-17)9-20(24)22(21)35-36(32,33)19-7-3-6-18(12-19)28(30)31/h2-12H,1H3,(H,27,29)/b15-8+. The molecule has 0 unspecified atom stereocenters. The highest BCUT2D eigenvalue weighted by molar-refractivity contribution is 14.1. The number of nitro groups is 1. The molecule has 0 saturated heterocycles. The van der Waals surface area contributed by atoms with Crippen LogP contribution in [0.3, 0.4) is 0 Å². The van der Waals surface area contributed by atoms with E-state index in [9.17, 15) is 28.6 Å². The maximum Gasteiger partial charge on any atom is 0.339 e. The fraction of sp³-hybridized carbons (Fsp3) is 0.0435. The number of hydrogen-bond donors (Lipinski definition) is 1. The molecular formula is C23H15BrIN3O7S. The number of rotatable bonds is 8. The van der Waals surface area contributed by atoms with Crippen LogP contribution in [0.2, 0.25) is 0 Å². The lowest BCUT2D eigenvalue weighted by atomic mass is 10.1. The van der Waals surface area contributed by atoms with Crippen LogP contribution in [0, 0.1) is 25.0 Å². The molecule has 0 bridgehead atoms. The zero-order chi connectivity index (χ0) is 26.5. The number of benzene rings is 3. The Morgan fingerprint density at radius 3 is 2.56 bits per heavy atom. The molecule has 0 fully saturated rings. The second kappa shape index (κ2) is 11.5. The van der Waals surface area contributed by atoms with Gasteiger partial charge in [-0.1, -0.05) is 12.1 Å². The average Bonchev–Trinajstić information content (AvgIpc) is 2.83. The lowest BCUT2D eigenvalue weighted by Gasteiger charge is -2.13. The van der Waals surface area contributed by atoms with Gasteiger partial charge >= 0.3 is 10.1 Å². The number of hydrogen-bond acceptors (Lipinski definition) is 8. The molecular weight excluding hydrogens is 669 g/mol. The Hall–Kier alpha value is -3.48. The van der Waals surface area contributed by atoms with Crippen LogP contribution in [0.5, 0.6) is 11.5 Å². The summed E-state index contributed by atoms with van der Waals surface area (Å²) in [5.74, 6) is -0.883. The molecule has 13 heteroatoms. The Kier molecular flexibility index (Phi) is 8.66. The first-order valence-electron chi connectivity index (χ1n) is 9.79. The molecule has 0 heterocycles. The summed E-state index contributed by atoms with van der Waals surface area (Å²) in [6.07, 6.45) is 1.30. The molecule has 0 aliphatic rings. The maximum absolute atomic E-state index is 12.8. The van der Waals surface area contributed by atoms with Crippen molar-refractivity contribution >= 4 is 72.0 Å². The van der Waals surface area contributed by atoms with Gasteiger partial charge in [0, 0.05) is 21.4 Å². The number of carbonyl (C=O) groups excluding carboxylic acids is 1. The van der Waals surface area contributed by atoms with Crippen LogP contribution in [0.25, 0.3) is 6.08 Å². The van der Waals surface area contributed by atoms with E-state index in [1.807, 2.05) is 12.1 Å². The minimum Gasteiger partial charge on any atom is -0.493 e. The number of halogens is 2. The van der Waals surface area contributed by atoms with Crippen LogP contribution >= 0.6 is 38.5 Å². The van der Waals surface area contributed by atoms with E-state index in [1.54, 1.807) is 18.2 Å². The predicted molar refractivity (Wildman–Crippen MR) is 143 cm³/mol. The van der Waals surface area contributed by atoms with Gasteiger partial charge in [0.05, 0.1) is 16.5 Å². The van der Waals surface area contributed by atoms with E-state index in [0.29, 0.717) is 11.3 Å². The number of nitro benzene ring substituents is 1. The third-order valence-electron chi connectivity index (χ3n) is 4.52. The smallest absolute Gasteiger partial charge is 0.339 e. The van der Waals surface area contributed by atoms with Crippen molar-refractivity contribution in [1.29, 1.82) is 5.26 Å². The van der Waals surface area contributed by atoms with Crippen molar-refractivity contribution in [3.8, 4) is 17.6 Å². The summed E-state index contributed by atoms with van der Waals surface area (Å²) in [6.45, 7) is 0. The Morgan fingerprint density at radius 2 is 1.92 bits per heavy atom. The molecule has 36 heavy (non-hydrogen) atoms. The van der Waals surface area contributed by atoms with E-state index in [0.717, 1.165) is 21.8 Å². The zero-order valence-electron chi connectivity index (χ0n) is 18.3. The van der Waals surface area contributed by atoms with Gasteiger partial charge in [0.2, 0.25) is 0 Å². The van der Waals surface area contributed by atoms with Crippen LogP contribution in [0.15, 0.2) is 75.6 Å². The normalized spacial score (nSPS) is 11.3. The number of nitrogens with zero attached hydrogens (tertiary/aromatic N) is 2. The van der Waals surface area contributed by atoms with Gasteiger partial charge in [-0.05, 0) is 86.6 Å². The van der Waals surface area contributed by atoms with Crippen molar-refractivity contribution in [1.82, 2.24) is 0 Å².